The molecule has 112 valence electrons. The van der Waals surface area contributed by atoms with E-state index < -0.39 is 0 Å². The van der Waals surface area contributed by atoms with E-state index >= 15 is 0 Å². The van der Waals surface area contributed by atoms with Crippen LogP contribution in [0.1, 0.15) is 12.2 Å². The SMILES string of the molecule is COC(=O)CCN(C)Cc1noc(-c2ccc(Cl)cc2)n1. The first kappa shape index (κ1) is 15.5. The van der Waals surface area contributed by atoms with Gasteiger partial charge in [-0.1, -0.05) is 16.8 Å². The Morgan fingerprint density at radius 3 is 2.76 bits per heavy atom. The number of hydrogen-bond acceptors (Lipinski definition) is 6. The zero-order chi connectivity index (χ0) is 15.2. The summed E-state index contributed by atoms with van der Waals surface area (Å²) in [5.41, 5.74) is 0.815. The van der Waals surface area contributed by atoms with Crippen LogP contribution in [0.4, 0.5) is 0 Å². The number of methoxy groups -OCH3 is 1. The number of nitrogens with zero attached hydrogens (tertiary/aromatic N) is 3. The molecule has 7 heteroatoms. The van der Waals surface area contributed by atoms with E-state index in [-0.39, 0.29) is 5.97 Å². The predicted octanol–water partition coefficient (Wildman–Crippen LogP) is 2.38. The summed E-state index contributed by atoms with van der Waals surface area (Å²) < 4.78 is 9.81. The normalized spacial score (nSPS) is 10.9. The molecule has 1 aromatic carbocycles. The Bertz CT molecular complexity index is 598. The van der Waals surface area contributed by atoms with Crippen LogP contribution in [0.25, 0.3) is 11.5 Å². The Hall–Kier alpha value is -1.92. The quantitative estimate of drug-likeness (QED) is 0.763. The lowest BCUT2D eigenvalue weighted by atomic mass is 10.2. The third-order valence-corrected chi connectivity index (χ3v) is 3.15. The summed E-state index contributed by atoms with van der Waals surface area (Å²) in [6, 6.07) is 7.17. The summed E-state index contributed by atoms with van der Waals surface area (Å²) in [5.74, 6) is 0.771. The lowest BCUT2D eigenvalue weighted by Gasteiger charge is -2.12. The number of carbonyl (C=O) groups is 1. The highest BCUT2D eigenvalue weighted by Crippen LogP contribution is 2.19. The van der Waals surface area contributed by atoms with Gasteiger partial charge in [-0.05, 0) is 31.3 Å². The van der Waals surface area contributed by atoms with Gasteiger partial charge in [-0.2, -0.15) is 4.98 Å². The maximum atomic E-state index is 11.1. The molecule has 0 unspecified atom stereocenters. The molecule has 0 saturated heterocycles. The van der Waals surface area contributed by atoms with Crippen LogP contribution in [0, 0.1) is 0 Å². The fourth-order valence-corrected chi connectivity index (χ4v) is 1.86. The number of halogens is 1. The molecule has 0 aliphatic rings. The number of carbonyl (C=O) groups excluding carboxylic acids is 1. The lowest BCUT2D eigenvalue weighted by Crippen LogP contribution is -2.22. The predicted molar refractivity (Wildman–Crippen MR) is 77.7 cm³/mol. The fraction of sp³-hybridized carbons (Fsp3) is 0.357. The van der Waals surface area contributed by atoms with Crippen LogP contribution in [0.15, 0.2) is 28.8 Å². The van der Waals surface area contributed by atoms with E-state index in [9.17, 15) is 4.79 Å². The molecule has 0 fully saturated rings. The first-order valence-electron chi connectivity index (χ1n) is 6.42. The molecule has 21 heavy (non-hydrogen) atoms. The largest absolute Gasteiger partial charge is 0.469 e. The maximum Gasteiger partial charge on any atom is 0.306 e. The molecule has 0 aliphatic heterocycles. The Kier molecular flexibility index (Phi) is 5.30. The van der Waals surface area contributed by atoms with Crippen LogP contribution in [0.5, 0.6) is 0 Å². The number of esters is 1. The van der Waals surface area contributed by atoms with Crippen LogP contribution in [0.3, 0.4) is 0 Å². The molecule has 1 heterocycles. The highest BCUT2D eigenvalue weighted by molar-refractivity contribution is 6.30. The summed E-state index contributed by atoms with van der Waals surface area (Å²) >= 11 is 5.83. The molecule has 0 radical (unpaired) electrons. The van der Waals surface area contributed by atoms with Crippen molar-refractivity contribution in [1.29, 1.82) is 0 Å². The zero-order valence-corrected chi connectivity index (χ0v) is 12.6. The summed E-state index contributed by atoms with van der Waals surface area (Å²) in [7, 11) is 3.25. The number of rotatable bonds is 6. The third-order valence-electron chi connectivity index (χ3n) is 2.90. The summed E-state index contributed by atoms with van der Waals surface area (Å²) in [5, 5.41) is 4.58. The van der Waals surface area contributed by atoms with E-state index in [1.54, 1.807) is 12.1 Å². The second kappa shape index (κ2) is 7.19. The molecule has 0 bridgehead atoms. The number of aromatic nitrogens is 2. The van der Waals surface area contributed by atoms with Crippen molar-refractivity contribution >= 4 is 17.6 Å². The second-order valence-electron chi connectivity index (χ2n) is 4.59. The maximum absolute atomic E-state index is 11.1. The van der Waals surface area contributed by atoms with Gasteiger partial charge in [0.1, 0.15) is 0 Å². The van der Waals surface area contributed by atoms with Gasteiger partial charge in [-0.3, -0.25) is 9.69 Å². The molecule has 0 N–H and O–H groups in total. The van der Waals surface area contributed by atoms with Crippen LogP contribution in [0.2, 0.25) is 5.02 Å². The summed E-state index contributed by atoms with van der Waals surface area (Å²) in [6.07, 6.45) is 0.328. The molecular formula is C14H16ClN3O3. The van der Waals surface area contributed by atoms with Crippen molar-refractivity contribution in [1.82, 2.24) is 15.0 Å². The second-order valence-corrected chi connectivity index (χ2v) is 5.02. The van der Waals surface area contributed by atoms with Crippen molar-refractivity contribution in [2.45, 2.75) is 13.0 Å². The first-order chi connectivity index (χ1) is 10.1. The molecule has 0 saturated carbocycles. The van der Waals surface area contributed by atoms with E-state index in [1.165, 1.54) is 7.11 Å². The Morgan fingerprint density at radius 2 is 2.10 bits per heavy atom. The van der Waals surface area contributed by atoms with Crippen LogP contribution < -0.4 is 0 Å². The molecule has 0 amide bonds. The molecular weight excluding hydrogens is 294 g/mol. The van der Waals surface area contributed by atoms with Crippen molar-refractivity contribution < 1.29 is 14.1 Å². The van der Waals surface area contributed by atoms with Crippen molar-refractivity contribution in [3.63, 3.8) is 0 Å². The molecule has 2 rings (SSSR count). The van der Waals surface area contributed by atoms with Gasteiger partial charge in [0.2, 0.25) is 0 Å². The van der Waals surface area contributed by atoms with E-state index in [4.69, 9.17) is 16.1 Å². The zero-order valence-electron chi connectivity index (χ0n) is 11.9. The van der Waals surface area contributed by atoms with E-state index in [1.807, 2.05) is 24.1 Å². The Labute approximate surface area is 127 Å². The van der Waals surface area contributed by atoms with Crippen molar-refractivity contribution in [3.8, 4) is 11.5 Å². The minimum atomic E-state index is -0.239. The highest BCUT2D eigenvalue weighted by atomic mass is 35.5. The van der Waals surface area contributed by atoms with Gasteiger partial charge >= 0.3 is 5.97 Å². The van der Waals surface area contributed by atoms with Crippen molar-refractivity contribution in [3.05, 3.63) is 35.1 Å². The summed E-state index contributed by atoms with van der Waals surface area (Å²) in [6.45, 7) is 1.06. The molecule has 0 aliphatic carbocycles. The van der Waals surface area contributed by atoms with E-state index in [2.05, 4.69) is 14.9 Å². The summed E-state index contributed by atoms with van der Waals surface area (Å²) in [4.78, 5) is 17.3. The lowest BCUT2D eigenvalue weighted by molar-refractivity contribution is -0.140. The van der Waals surface area contributed by atoms with Crippen LogP contribution >= 0.6 is 11.6 Å². The van der Waals surface area contributed by atoms with Gasteiger partial charge in [-0.25, -0.2) is 0 Å². The monoisotopic (exact) mass is 309 g/mol. The smallest absolute Gasteiger partial charge is 0.306 e. The van der Waals surface area contributed by atoms with Crippen molar-refractivity contribution in [2.24, 2.45) is 0 Å². The van der Waals surface area contributed by atoms with Gasteiger partial charge in [0, 0.05) is 17.1 Å². The standard InChI is InChI=1S/C14H16ClN3O3/c1-18(8-7-13(19)20-2)9-12-16-14(21-17-12)10-3-5-11(15)6-4-10/h3-6H,7-9H2,1-2H3. The van der Waals surface area contributed by atoms with Crippen molar-refractivity contribution in [2.75, 3.05) is 20.7 Å². The Morgan fingerprint density at radius 1 is 1.38 bits per heavy atom. The van der Waals surface area contributed by atoms with Gasteiger partial charge in [0.05, 0.1) is 20.1 Å². The highest BCUT2D eigenvalue weighted by Gasteiger charge is 2.11. The first-order valence-corrected chi connectivity index (χ1v) is 6.80. The average Bonchev–Trinajstić information content (AvgIpc) is 2.94. The van der Waals surface area contributed by atoms with Gasteiger partial charge in [0.25, 0.3) is 5.89 Å². The molecule has 0 atom stereocenters. The number of hydrogen-bond donors (Lipinski definition) is 0. The fourth-order valence-electron chi connectivity index (χ4n) is 1.73. The topological polar surface area (TPSA) is 68.5 Å². The number of ether oxygens (including phenoxy) is 1. The minimum Gasteiger partial charge on any atom is -0.469 e. The van der Waals surface area contributed by atoms with E-state index in [0.29, 0.717) is 36.2 Å². The van der Waals surface area contributed by atoms with Gasteiger partial charge in [0.15, 0.2) is 5.82 Å². The molecule has 6 nitrogen and oxygen atoms in total. The molecule has 0 spiro atoms. The Balaban J connectivity index is 1.93. The molecule has 1 aromatic heterocycles. The van der Waals surface area contributed by atoms with Crippen LogP contribution in [-0.2, 0) is 16.1 Å². The van der Waals surface area contributed by atoms with Crippen LogP contribution in [-0.4, -0.2) is 41.7 Å². The number of benzene rings is 1. The minimum absolute atomic E-state index is 0.239. The van der Waals surface area contributed by atoms with Gasteiger partial charge in [-0.15, -0.1) is 0 Å². The van der Waals surface area contributed by atoms with Gasteiger partial charge < -0.3 is 9.26 Å². The average molecular weight is 310 g/mol. The van der Waals surface area contributed by atoms with E-state index in [0.717, 1.165) is 5.56 Å². The molecule has 2 aromatic rings. The third kappa shape index (κ3) is 4.54.